The molecule has 28 heavy (non-hydrogen) atoms. The number of halogens is 3. The molecule has 0 saturated heterocycles. The van der Waals surface area contributed by atoms with Gasteiger partial charge in [-0.3, -0.25) is 9.59 Å². The van der Waals surface area contributed by atoms with Crippen LogP contribution in [0, 0.1) is 0 Å². The number of carbonyl (C=O) groups is 2. The molecule has 1 heterocycles. The van der Waals surface area contributed by atoms with E-state index in [9.17, 15) is 27.6 Å². The van der Waals surface area contributed by atoms with Crippen molar-refractivity contribution in [3.8, 4) is 0 Å². The van der Waals surface area contributed by atoms with Crippen LogP contribution in [0.4, 0.5) is 18.9 Å². The van der Waals surface area contributed by atoms with E-state index in [1.54, 1.807) is 12.1 Å². The number of aromatic nitrogens is 2. The Morgan fingerprint density at radius 1 is 1.04 bits per heavy atom. The molecule has 0 spiro atoms. The molecule has 10 heteroatoms. The molecule has 7 nitrogen and oxygen atoms in total. The fraction of sp³-hybridized carbons (Fsp3) is 0.167. The van der Waals surface area contributed by atoms with Gasteiger partial charge in [0, 0.05) is 5.69 Å². The maximum Gasteiger partial charge on any atom is 0.416 e. The zero-order valence-corrected chi connectivity index (χ0v) is 14.2. The Hall–Kier alpha value is -3.56. The standard InChI is InChI=1S/C18H14F3N3O4/c19-18(20,21)11-3-1-2-10(6-11)7-16(26)28-9-15(25)22-12-4-5-13-14(8-12)24-17(27)23-13/h1-6,8H,7,9H2,(H,22,25)(H2,23,24,27). The van der Waals surface area contributed by atoms with Gasteiger partial charge < -0.3 is 20.0 Å². The summed E-state index contributed by atoms with van der Waals surface area (Å²) in [5.41, 5.74) is 0.305. The fourth-order valence-electron chi connectivity index (χ4n) is 2.53. The number of hydrogen-bond acceptors (Lipinski definition) is 4. The van der Waals surface area contributed by atoms with Gasteiger partial charge in [0.15, 0.2) is 6.61 Å². The highest BCUT2D eigenvalue weighted by Crippen LogP contribution is 2.29. The van der Waals surface area contributed by atoms with Crippen LogP contribution < -0.4 is 11.0 Å². The number of hydrogen-bond donors (Lipinski definition) is 3. The Kier molecular flexibility index (Phi) is 5.21. The monoisotopic (exact) mass is 393 g/mol. The molecular weight excluding hydrogens is 379 g/mol. The van der Waals surface area contributed by atoms with E-state index in [0.717, 1.165) is 12.1 Å². The molecule has 0 unspecified atom stereocenters. The molecule has 2 aromatic carbocycles. The fourth-order valence-corrected chi connectivity index (χ4v) is 2.53. The van der Waals surface area contributed by atoms with Crippen LogP contribution in [-0.2, 0) is 26.9 Å². The molecule has 3 N–H and O–H groups in total. The highest BCUT2D eigenvalue weighted by atomic mass is 19.4. The summed E-state index contributed by atoms with van der Waals surface area (Å²) in [7, 11) is 0. The van der Waals surface area contributed by atoms with Gasteiger partial charge in [-0.25, -0.2) is 4.79 Å². The van der Waals surface area contributed by atoms with Crippen LogP contribution in [0.2, 0.25) is 0 Å². The summed E-state index contributed by atoms with van der Waals surface area (Å²) < 4.78 is 42.8. The van der Waals surface area contributed by atoms with Crippen molar-refractivity contribution in [2.24, 2.45) is 0 Å². The van der Waals surface area contributed by atoms with Crippen molar-refractivity contribution < 1.29 is 27.5 Å². The number of esters is 1. The molecule has 0 aliphatic rings. The second kappa shape index (κ2) is 7.59. The van der Waals surface area contributed by atoms with E-state index in [0.29, 0.717) is 16.7 Å². The first-order valence-corrected chi connectivity index (χ1v) is 8.04. The number of aromatic amines is 2. The summed E-state index contributed by atoms with van der Waals surface area (Å²) in [6.45, 7) is -0.598. The highest BCUT2D eigenvalue weighted by molar-refractivity contribution is 5.94. The van der Waals surface area contributed by atoms with E-state index in [1.165, 1.54) is 18.2 Å². The Bertz CT molecular complexity index is 1090. The SMILES string of the molecule is O=C(COC(=O)Cc1cccc(C(F)(F)F)c1)Nc1ccc2[nH]c(=O)[nH]c2c1. The van der Waals surface area contributed by atoms with Gasteiger partial charge in [0.1, 0.15) is 0 Å². The molecular formula is C18H14F3N3O4. The number of alkyl halides is 3. The molecule has 0 bridgehead atoms. The highest BCUT2D eigenvalue weighted by Gasteiger charge is 2.30. The molecule has 3 rings (SSSR count). The molecule has 0 aliphatic carbocycles. The number of imidazole rings is 1. The topological polar surface area (TPSA) is 104 Å². The van der Waals surface area contributed by atoms with Crippen LogP contribution in [0.3, 0.4) is 0 Å². The predicted octanol–water partition coefficient (Wildman–Crippen LogP) is 2.60. The number of carbonyl (C=O) groups excluding carboxylic acids is 2. The second-order valence-electron chi connectivity index (χ2n) is 5.92. The maximum atomic E-state index is 12.7. The zero-order chi connectivity index (χ0) is 20.3. The van der Waals surface area contributed by atoms with Crippen molar-refractivity contribution in [3.63, 3.8) is 0 Å². The first kappa shape index (κ1) is 19.2. The van der Waals surface area contributed by atoms with E-state index in [1.807, 2.05) is 0 Å². The summed E-state index contributed by atoms with van der Waals surface area (Å²) in [5.74, 6) is -1.46. The Labute approximate surface area is 155 Å². The number of H-pyrrole nitrogens is 2. The molecule has 0 atom stereocenters. The maximum absolute atomic E-state index is 12.7. The summed E-state index contributed by atoms with van der Waals surface area (Å²) in [6.07, 6.45) is -4.90. The Morgan fingerprint density at radius 2 is 1.79 bits per heavy atom. The molecule has 0 aliphatic heterocycles. The minimum Gasteiger partial charge on any atom is -0.455 e. The van der Waals surface area contributed by atoms with Gasteiger partial charge >= 0.3 is 17.8 Å². The molecule has 146 valence electrons. The Morgan fingerprint density at radius 3 is 2.54 bits per heavy atom. The van der Waals surface area contributed by atoms with Crippen molar-refractivity contribution in [2.45, 2.75) is 12.6 Å². The molecule has 0 radical (unpaired) electrons. The van der Waals surface area contributed by atoms with Crippen LogP contribution in [0.5, 0.6) is 0 Å². The minimum atomic E-state index is -4.51. The van der Waals surface area contributed by atoms with Crippen LogP contribution in [-0.4, -0.2) is 28.5 Å². The van der Waals surface area contributed by atoms with Crippen molar-refractivity contribution in [2.75, 3.05) is 11.9 Å². The average molecular weight is 393 g/mol. The van der Waals surface area contributed by atoms with Gasteiger partial charge in [-0.1, -0.05) is 18.2 Å². The van der Waals surface area contributed by atoms with Crippen LogP contribution >= 0.6 is 0 Å². The normalized spacial score (nSPS) is 11.4. The molecule has 3 aromatic rings. The third-order valence-electron chi connectivity index (χ3n) is 3.77. The number of amides is 1. The van der Waals surface area contributed by atoms with Crippen molar-refractivity contribution in [1.29, 1.82) is 0 Å². The largest absolute Gasteiger partial charge is 0.455 e. The van der Waals surface area contributed by atoms with Gasteiger partial charge in [-0.15, -0.1) is 0 Å². The van der Waals surface area contributed by atoms with Gasteiger partial charge in [-0.05, 0) is 29.8 Å². The van der Waals surface area contributed by atoms with Crippen LogP contribution in [0.15, 0.2) is 47.3 Å². The van der Waals surface area contributed by atoms with Crippen LogP contribution in [0.1, 0.15) is 11.1 Å². The zero-order valence-electron chi connectivity index (χ0n) is 14.2. The van der Waals surface area contributed by atoms with Gasteiger partial charge in [-0.2, -0.15) is 13.2 Å². The summed E-state index contributed by atoms with van der Waals surface area (Å²) in [4.78, 5) is 40.0. The van der Waals surface area contributed by atoms with E-state index < -0.39 is 36.6 Å². The molecule has 1 aromatic heterocycles. The smallest absolute Gasteiger partial charge is 0.416 e. The Balaban J connectivity index is 1.53. The third kappa shape index (κ3) is 4.78. The number of rotatable bonds is 5. The molecule has 0 fully saturated rings. The summed E-state index contributed by atoms with van der Waals surface area (Å²) in [5, 5.41) is 2.49. The lowest BCUT2D eigenvalue weighted by molar-refractivity contribution is -0.146. The summed E-state index contributed by atoms with van der Waals surface area (Å²) >= 11 is 0. The molecule has 0 saturated carbocycles. The molecule has 1 amide bonds. The van der Waals surface area contributed by atoms with Crippen molar-refractivity contribution >= 4 is 28.6 Å². The quantitative estimate of drug-likeness (QED) is 0.580. The van der Waals surface area contributed by atoms with Gasteiger partial charge in [0.25, 0.3) is 5.91 Å². The first-order chi connectivity index (χ1) is 13.2. The van der Waals surface area contributed by atoms with E-state index >= 15 is 0 Å². The predicted molar refractivity (Wildman–Crippen MR) is 93.7 cm³/mol. The van der Waals surface area contributed by atoms with E-state index in [2.05, 4.69) is 15.3 Å². The van der Waals surface area contributed by atoms with Crippen LogP contribution in [0.25, 0.3) is 11.0 Å². The number of ether oxygens (including phenoxy) is 1. The number of fused-ring (bicyclic) bond motifs is 1. The second-order valence-corrected chi connectivity index (χ2v) is 5.92. The third-order valence-corrected chi connectivity index (χ3v) is 3.77. The lowest BCUT2D eigenvalue weighted by atomic mass is 10.1. The average Bonchev–Trinajstić information content (AvgIpc) is 2.99. The van der Waals surface area contributed by atoms with Crippen molar-refractivity contribution in [3.05, 3.63) is 64.1 Å². The van der Waals surface area contributed by atoms with Gasteiger partial charge in [0.2, 0.25) is 0 Å². The minimum absolute atomic E-state index is 0.127. The van der Waals surface area contributed by atoms with E-state index in [4.69, 9.17) is 4.74 Å². The lowest BCUT2D eigenvalue weighted by Gasteiger charge is -2.09. The van der Waals surface area contributed by atoms with Gasteiger partial charge in [0.05, 0.1) is 23.0 Å². The summed E-state index contributed by atoms with van der Waals surface area (Å²) in [6, 6.07) is 8.97. The number of nitrogens with one attached hydrogen (secondary N) is 3. The number of benzene rings is 2. The number of anilines is 1. The van der Waals surface area contributed by atoms with E-state index in [-0.39, 0.29) is 11.3 Å². The van der Waals surface area contributed by atoms with Crippen molar-refractivity contribution in [1.82, 2.24) is 9.97 Å². The lowest BCUT2D eigenvalue weighted by Crippen LogP contribution is -2.21. The first-order valence-electron chi connectivity index (χ1n) is 8.04.